The summed E-state index contributed by atoms with van der Waals surface area (Å²) < 4.78 is 3.86. The SMILES string of the molecule is O=[N+]([O-])c1cc(-c2nc(C(Cl)(Cl)Cl)nc3ccccc23)ccc1OCc1ccccc1. The Labute approximate surface area is 192 Å². The van der Waals surface area contributed by atoms with Gasteiger partial charge in [0.25, 0.3) is 0 Å². The van der Waals surface area contributed by atoms with Crippen LogP contribution in [0.3, 0.4) is 0 Å². The van der Waals surface area contributed by atoms with E-state index in [1.807, 2.05) is 36.4 Å². The Morgan fingerprint density at radius 3 is 2.35 bits per heavy atom. The number of aromatic nitrogens is 2. The van der Waals surface area contributed by atoms with Crippen LogP contribution in [-0.4, -0.2) is 14.9 Å². The van der Waals surface area contributed by atoms with Crippen molar-refractivity contribution in [1.29, 1.82) is 0 Å². The first-order valence-corrected chi connectivity index (χ1v) is 10.3. The van der Waals surface area contributed by atoms with Gasteiger partial charge in [0.05, 0.1) is 16.1 Å². The van der Waals surface area contributed by atoms with Gasteiger partial charge < -0.3 is 4.74 Å². The molecule has 0 atom stereocenters. The topological polar surface area (TPSA) is 78.2 Å². The first-order valence-electron chi connectivity index (χ1n) is 9.12. The predicted octanol–water partition coefficient (Wildman–Crippen LogP) is 6.61. The van der Waals surface area contributed by atoms with Crippen molar-refractivity contribution >= 4 is 51.4 Å². The molecule has 6 nitrogen and oxygen atoms in total. The molecule has 31 heavy (non-hydrogen) atoms. The molecule has 0 aliphatic heterocycles. The van der Waals surface area contributed by atoms with Crippen molar-refractivity contribution in [3.05, 3.63) is 94.3 Å². The zero-order valence-corrected chi connectivity index (χ0v) is 18.1. The molecule has 0 saturated heterocycles. The molecule has 0 spiro atoms. The molecule has 3 aromatic carbocycles. The summed E-state index contributed by atoms with van der Waals surface area (Å²) in [5.41, 5.74) is 2.17. The molecule has 1 aromatic heterocycles. The van der Waals surface area contributed by atoms with Gasteiger partial charge in [-0.05, 0) is 23.8 Å². The molecule has 0 aliphatic rings. The molecule has 0 saturated carbocycles. The van der Waals surface area contributed by atoms with Gasteiger partial charge in [0.15, 0.2) is 11.6 Å². The van der Waals surface area contributed by atoms with Crippen LogP contribution in [0.25, 0.3) is 22.2 Å². The molecule has 0 bridgehead atoms. The lowest BCUT2D eigenvalue weighted by Crippen LogP contribution is -2.08. The number of fused-ring (bicyclic) bond motifs is 1. The smallest absolute Gasteiger partial charge is 0.311 e. The van der Waals surface area contributed by atoms with Crippen molar-refractivity contribution in [2.75, 3.05) is 0 Å². The summed E-state index contributed by atoms with van der Waals surface area (Å²) in [7, 11) is 0. The number of benzene rings is 3. The average Bonchev–Trinajstić information content (AvgIpc) is 2.77. The Bertz CT molecular complexity index is 1260. The summed E-state index contributed by atoms with van der Waals surface area (Å²) in [6.45, 7) is 0.203. The quantitative estimate of drug-likeness (QED) is 0.185. The fraction of sp³-hybridized carbons (Fsp3) is 0.0909. The second-order valence-corrected chi connectivity index (χ2v) is 8.91. The Hall–Kier alpha value is -2.93. The number of alkyl halides is 3. The molecule has 156 valence electrons. The van der Waals surface area contributed by atoms with Crippen molar-refractivity contribution in [1.82, 2.24) is 9.97 Å². The molecule has 0 radical (unpaired) electrons. The van der Waals surface area contributed by atoms with E-state index in [-0.39, 0.29) is 23.9 Å². The molecule has 4 aromatic rings. The summed E-state index contributed by atoms with van der Waals surface area (Å²) >= 11 is 18.0. The number of halogens is 3. The van der Waals surface area contributed by atoms with Crippen LogP contribution in [0.2, 0.25) is 0 Å². The third-order valence-corrected chi connectivity index (χ3v) is 5.03. The third-order valence-electron chi connectivity index (χ3n) is 4.52. The maximum atomic E-state index is 11.7. The van der Waals surface area contributed by atoms with Gasteiger partial charge >= 0.3 is 5.69 Å². The van der Waals surface area contributed by atoms with E-state index in [1.54, 1.807) is 30.3 Å². The summed E-state index contributed by atoms with van der Waals surface area (Å²) in [6, 6.07) is 21.2. The van der Waals surface area contributed by atoms with Crippen molar-refractivity contribution < 1.29 is 9.66 Å². The maximum absolute atomic E-state index is 11.7. The lowest BCUT2D eigenvalue weighted by Gasteiger charge is -2.14. The minimum atomic E-state index is -1.84. The minimum Gasteiger partial charge on any atom is -0.482 e. The highest BCUT2D eigenvalue weighted by molar-refractivity contribution is 6.66. The summed E-state index contributed by atoms with van der Waals surface area (Å²) in [4.78, 5) is 19.9. The number of nitro groups is 1. The molecule has 1 heterocycles. The maximum Gasteiger partial charge on any atom is 0.311 e. The van der Waals surface area contributed by atoms with Gasteiger partial charge in [0, 0.05) is 17.0 Å². The minimum absolute atomic E-state index is 0.0155. The van der Waals surface area contributed by atoms with Gasteiger partial charge in [-0.25, -0.2) is 9.97 Å². The number of hydrogen-bond donors (Lipinski definition) is 0. The molecule has 0 aliphatic carbocycles. The molecule has 9 heteroatoms. The van der Waals surface area contributed by atoms with Crippen molar-refractivity contribution in [2.45, 2.75) is 10.4 Å². The number of nitrogens with zero attached hydrogens (tertiary/aromatic N) is 3. The average molecular weight is 475 g/mol. The van der Waals surface area contributed by atoms with Crippen molar-refractivity contribution in [2.24, 2.45) is 0 Å². The molecule has 0 N–H and O–H groups in total. The Balaban J connectivity index is 1.79. The molecule has 4 rings (SSSR count). The summed E-state index contributed by atoms with van der Waals surface area (Å²) in [5, 5.41) is 12.4. The Kier molecular flexibility index (Phi) is 5.96. The van der Waals surface area contributed by atoms with E-state index >= 15 is 0 Å². The van der Waals surface area contributed by atoms with Crippen LogP contribution in [0.4, 0.5) is 5.69 Å². The molecular weight excluding hydrogens is 461 g/mol. The van der Waals surface area contributed by atoms with Gasteiger partial charge in [0.1, 0.15) is 6.61 Å². The van der Waals surface area contributed by atoms with Gasteiger partial charge in [-0.1, -0.05) is 83.3 Å². The van der Waals surface area contributed by atoms with Crippen LogP contribution in [0.15, 0.2) is 72.8 Å². The Morgan fingerprint density at radius 2 is 1.65 bits per heavy atom. The van der Waals surface area contributed by atoms with E-state index in [0.717, 1.165) is 5.56 Å². The van der Waals surface area contributed by atoms with Crippen molar-refractivity contribution in [3.63, 3.8) is 0 Å². The lowest BCUT2D eigenvalue weighted by molar-refractivity contribution is -0.385. The van der Waals surface area contributed by atoms with Crippen LogP contribution >= 0.6 is 34.8 Å². The highest BCUT2D eigenvalue weighted by Crippen LogP contribution is 2.39. The molecule has 0 amide bonds. The fourth-order valence-electron chi connectivity index (χ4n) is 3.09. The fourth-order valence-corrected chi connectivity index (χ4v) is 3.34. The zero-order chi connectivity index (χ0) is 22.0. The first-order chi connectivity index (χ1) is 14.8. The van der Waals surface area contributed by atoms with Crippen LogP contribution in [0, 0.1) is 10.1 Å². The van der Waals surface area contributed by atoms with E-state index in [9.17, 15) is 10.1 Å². The van der Waals surface area contributed by atoms with Gasteiger partial charge in [-0.15, -0.1) is 0 Å². The van der Waals surface area contributed by atoms with Gasteiger partial charge in [-0.3, -0.25) is 10.1 Å². The normalized spacial score (nSPS) is 11.5. The highest BCUT2D eigenvalue weighted by Gasteiger charge is 2.28. The number of para-hydroxylation sites is 1. The van der Waals surface area contributed by atoms with Crippen LogP contribution < -0.4 is 4.74 Å². The third kappa shape index (κ3) is 4.71. The molecule has 0 unspecified atom stereocenters. The molecular formula is C22H14Cl3N3O3. The number of ether oxygens (including phenoxy) is 1. The second kappa shape index (κ2) is 8.67. The lowest BCUT2D eigenvalue weighted by atomic mass is 10.1. The van der Waals surface area contributed by atoms with Gasteiger partial charge in [-0.2, -0.15) is 0 Å². The summed E-state index contributed by atoms with van der Waals surface area (Å²) in [5.74, 6) is 0.135. The monoisotopic (exact) mass is 473 g/mol. The van der Waals surface area contributed by atoms with E-state index in [0.29, 0.717) is 22.2 Å². The van der Waals surface area contributed by atoms with E-state index in [1.165, 1.54) is 6.07 Å². The standard InChI is InChI=1S/C22H14Cl3N3O3/c23-22(24,25)21-26-17-9-5-4-8-16(17)20(27-21)15-10-11-19(18(12-15)28(29)30)31-13-14-6-2-1-3-7-14/h1-12H,13H2. The number of rotatable bonds is 5. The van der Waals surface area contributed by atoms with Crippen LogP contribution in [0.5, 0.6) is 5.75 Å². The van der Waals surface area contributed by atoms with E-state index < -0.39 is 8.72 Å². The van der Waals surface area contributed by atoms with E-state index in [2.05, 4.69) is 9.97 Å². The predicted molar refractivity (Wildman–Crippen MR) is 122 cm³/mol. The van der Waals surface area contributed by atoms with E-state index in [4.69, 9.17) is 39.5 Å². The van der Waals surface area contributed by atoms with Crippen LogP contribution in [-0.2, 0) is 10.4 Å². The van der Waals surface area contributed by atoms with Crippen LogP contribution in [0.1, 0.15) is 11.4 Å². The molecule has 0 fully saturated rings. The van der Waals surface area contributed by atoms with Gasteiger partial charge in [0.2, 0.25) is 3.79 Å². The first kappa shape index (κ1) is 21.3. The van der Waals surface area contributed by atoms with Crippen molar-refractivity contribution in [3.8, 4) is 17.0 Å². The Morgan fingerprint density at radius 1 is 0.935 bits per heavy atom. The second-order valence-electron chi connectivity index (χ2n) is 6.62. The largest absolute Gasteiger partial charge is 0.482 e. The summed E-state index contributed by atoms with van der Waals surface area (Å²) in [6.07, 6.45) is 0. The number of nitro benzene ring substituents is 1. The highest BCUT2D eigenvalue weighted by atomic mass is 35.6. The number of hydrogen-bond acceptors (Lipinski definition) is 5. The zero-order valence-electron chi connectivity index (χ0n) is 15.8.